The van der Waals surface area contributed by atoms with Crippen molar-refractivity contribution in [3.05, 3.63) is 45.8 Å². The summed E-state index contributed by atoms with van der Waals surface area (Å²) in [6.45, 7) is 3.83. The van der Waals surface area contributed by atoms with Crippen molar-refractivity contribution in [2.75, 3.05) is 11.1 Å². The van der Waals surface area contributed by atoms with E-state index in [-0.39, 0.29) is 12.3 Å². The zero-order valence-corrected chi connectivity index (χ0v) is 12.2. The number of carbonyl (C=O) groups excluding carboxylic acids is 1. The van der Waals surface area contributed by atoms with Gasteiger partial charge in [-0.25, -0.2) is 0 Å². The lowest BCUT2D eigenvalue weighted by Crippen LogP contribution is -2.14. The molecule has 0 spiro atoms. The van der Waals surface area contributed by atoms with E-state index < -0.39 is 0 Å². The lowest BCUT2D eigenvalue weighted by Gasteiger charge is -2.04. The van der Waals surface area contributed by atoms with Crippen LogP contribution in [0.2, 0.25) is 0 Å². The van der Waals surface area contributed by atoms with Gasteiger partial charge in [0.2, 0.25) is 5.91 Å². The number of rotatable bonds is 3. The van der Waals surface area contributed by atoms with Crippen molar-refractivity contribution in [2.45, 2.75) is 20.3 Å². The van der Waals surface area contributed by atoms with Crippen molar-refractivity contribution in [3.63, 3.8) is 0 Å². The number of amides is 1. The molecule has 1 aromatic carbocycles. The molecule has 0 bridgehead atoms. The number of aryl methyl sites for hydroxylation is 1. The van der Waals surface area contributed by atoms with E-state index in [2.05, 4.69) is 11.4 Å². The van der Waals surface area contributed by atoms with Crippen LogP contribution in [0.4, 0.5) is 10.7 Å². The number of nitrogen functional groups attached to an aromatic ring is 1. The van der Waals surface area contributed by atoms with Gasteiger partial charge in [0.15, 0.2) is 0 Å². The topological polar surface area (TPSA) is 78.9 Å². The highest BCUT2D eigenvalue weighted by Gasteiger charge is 2.14. The van der Waals surface area contributed by atoms with Gasteiger partial charge in [-0.15, -0.1) is 11.3 Å². The first-order valence-electron chi connectivity index (χ1n) is 6.15. The fourth-order valence-electron chi connectivity index (χ4n) is 1.84. The standard InChI is InChI=1S/C15H15N3OS/c1-9-10(2)20-15(13(9)8-16)18-14(19)7-11-3-5-12(17)6-4-11/h3-6H,7,17H2,1-2H3,(H,18,19). The van der Waals surface area contributed by atoms with Crippen LogP contribution in [0.3, 0.4) is 0 Å². The molecule has 1 amide bonds. The van der Waals surface area contributed by atoms with E-state index in [4.69, 9.17) is 11.0 Å². The number of nitrogens with one attached hydrogen (secondary N) is 1. The average Bonchev–Trinajstić information content (AvgIpc) is 2.67. The second-order valence-corrected chi connectivity index (χ2v) is 5.79. The molecule has 0 saturated heterocycles. The third-order valence-corrected chi connectivity index (χ3v) is 4.22. The van der Waals surface area contributed by atoms with Crippen molar-refractivity contribution < 1.29 is 4.79 Å². The van der Waals surface area contributed by atoms with Gasteiger partial charge in [-0.2, -0.15) is 5.26 Å². The van der Waals surface area contributed by atoms with E-state index >= 15 is 0 Å². The number of thiophene rings is 1. The van der Waals surface area contributed by atoms with Gasteiger partial charge >= 0.3 is 0 Å². The minimum Gasteiger partial charge on any atom is -0.399 e. The maximum Gasteiger partial charge on any atom is 0.229 e. The van der Waals surface area contributed by atoms with E-state index in [9.17, 15) is 4.79 Å². The number of hydrogen-bond acceptors (Lipinski definition) is 4. The Kier molecular flexibility index (Phi) is 4.06. The van der Waals surface area contributed by atoms with Crippen LogP contribution >= 0.6 is 11.3 Å². The van der Waals surface area contributed by atoms with E-state index in [0.717, 1.165) is 16.0 Å². The largest absolute Gasteiger partial charge is 0.399 e. The SMILES string of the molecule is Cc1sc(NC(=O)Cc2ccc(N)cc2)c(C#N)c1C. The van der Waals surface area contributed by atoms with Crippen LogP contribution in [0.25, 0.3) is 0 Å². The molecule has 20 heavy (non-hydrogen) atoms. The first-order chi connectivity index (χ1) is 9.51. The molecule has 0 aliphatic rings. The van der Waals surface area contributed by atoms with Gasteiger partial charge in [-0.3, -0.25) is 4.79 Å². The molecule has 0 unspecified atom stereocenters. The second-order valence-electron chi connectivity index (χ2n) is 4.57. The molecule has 0 radical (unpaired) electrons. The molecule has 0 aliphatic heterocycles. The Bertz CT molecular complexity index is 680. The van der Waals surface area contributed by atoms with Crippen molar-refractivity contribution in [2.24, 2.45) is 0 Å². The molecule has 5 heteroatoms. The van der Waals surface area contributed by atoms with Crippen LogP contribution in [0, 0.1) is 25.2 Å². The maximum atomic E-state index is 12.0. The van der Waals surface area contributed by atoms with E-state index in [1.807, 2.05) is 26.0 Å². The molecule has 2 aromatic rings. The summed E-state index contributed by atoms with van der Waals surface area (Å²) in [6.07, 6.45) is 0.265. The highest BCUT2D eigenvalue weighted by Crippen LogP contribution is 2.31. The molecule has 3 N–H and O–H groups in total. The molecular weight excluding hydrogens is 270 g/mol. The van der Waals surface area contributed by atoms with Crippen molar-refractivity contribution in [3.8, 4) is 6.07 Å². The van der Waals surface area contributed by atoms with Gasteiger partial charge in [0.05, 0.1) is 12.0 Å². The third-order valence-electron chi connectivity index (χ3n) is 3.09. The number of benzene rings is 1. The lowest BCUT2D eigenvalue weighted by molar-refractivity contribution is -0.115. The Morgan fingerprint density at radius 2 is 2.00 bits per heavy atom. The predicted molar refractivity (Wildman–Crippen MR) is 81.7 cm³/mol. The fraction of sp³-hybridized carbons (Fsp3) is 0.200. The fourth-order valence-corrected chi connectivity index (χ4v) is 2.87. The Morgan fingerprint density at radius 1 is 1.35 bits per heavy atom. The number of nitriles is 1. The molecule has 4 nitrogen and oxygen atoms in total. The average molecular weight is 285 g/mol. The van der Waals surface area contributed by atoms with Gasteiger partial charge in [0.1, 0.15) is 11.1 Å². The second kappa shape index (κ2) is 5.76. The van der Waals surface area contributed by atoms with Crippen LogP contribution in [-0.4, -0.2) is 5.91 Å². The normalized spacial score (nSPS) is 10.1. The van der Waals surface area contributed by atoms with Gasteiger partial charge in [0, 0.05) is 10.6 Å². The van der Waals surface area contributed by atoms with Crippen molar-refractivity contribution in [1.82, 2.24) is 0 Å². The Morgan fingerprint density at radius 3 is 2.60 bits per heavy atom. The van der Waals surface area contributed by atoms with Crippen LogP contribution in [0.5, 0.6) is 0 Å². The van der Waals surface area contributed by atoms with Crippen LogP contribution < -0.4 is 11.1 Å². The Balaban J connectivity index is 2.11. The number of nitrogens with zero attached hydrogens (tertiary/aromatic N) is 1. The smallest absolute Gasteiger partial charge is 0.229 e. The van der Waals surface area contributed by atoms with Gasteiger partial charge < -0.3 is 11.1 Å². The zero-order valence-electron chi connectivity index (χ0n) is 11.4. The molecule has 0 fully saturated rings. The summed E-state index contributed by atoms with van der Waals surface area (Å²) in [5, 5.41) is 12.6. The number of hydrogen-bond donors (Lipinski definition) is 2. The monoisotopic (exact) mass is 285 g/mol. The van der Waals surface area contributed by atoms with Crippen LogP contribution in [0.15, 0.2) is 24.3 Å². The summed E-state index contributed by atoms with van der Waals surface area (Å²) in [7, 11) is 0. The number of carbonyl (C=O) groups is 1. The first kappa shape index (κ1) is 14.1. The number of nitrogens with two attached hydrogens (primary N) is 1. The molecular formula is C15H15N3OS. The summed E-state index contributed by atoms with van der Waals surface area (Å²) in [5.74, 6) is -0.132. The van der Waals surface area contributed by atoms with Crippen molar-refractivity contribution in [1.29, 1.82) is 5.26 Å². The van der Waals surface area contributed by atoms with Crippen LogP contribution in [0.1, 0.15) is 21.6 Å². The highest BCUT2D eigenvalue weighted by molar-refractivity contribution is 7.16. The lowest BCUT2D eigenvalue weighted by atomic mass is 10.1. The number of anilines is 2. The summed E-state index contributed by atoms with van der Waals surface area (Å²) in [5.41, 5.74) is 8.65. The van der Waals surface area contributed by atoms with E-state index in [1.54, 1.807) is 12.1 Å². The van der Waals surface area contributed by atoms with Crippen LogP contribution in [-0.2, 0) is 11.2 Å². The molecule has 2 rings (SSSR count). The minimum atomic E-state index is -0.132. The molecule has 0 saturated carbocycles. The summed E-state index contributed by atoms with van der Waals surface area (Å²) >= 11 is 1.43. The predicted octanol–water partition coefficient (Wildman–Crippen LogP) is 3.00. The van der Waals surface area contributed by atoms with E-state index in [1.165, 1.54) is 11.3 Å². The first-order valence-corrected chi connectivity index (χ1v) is 6.97. The van der Waals surface area contributed by atoms with E-state index in [0.29, 0.717) is 16.3 Å². The zero-order chi connectivity index (χ0) is 14.7. The minimum absolute atomic E-state index is 0.132. The Labute approximate surface area is 121 Å². The summed E-state index contributed by atoms with van der Waals surface area (Å²) in [6, 6.07) is 9.32. The maximum absolute atomic E-state index is 12.0. The Hall–Kier alpha value is -2.32. The van der Waals surface area contributed by atoms with Gasteiger partial charge in [-0.1, -0.05) is 12.1 Å². The molecule has 1 heterocycles. The van der Waals surface area contributed by atoms with Gasteiger partial charge in [-0.05, 0) is 37.1 Å². The quantitative estimate of drug-likeness (QED) is 0.851. The third kappa shape index (κ3) is 2.98. The van der Waals surface area contributed by atoms with Gasteiger partial charge in [0.25, 0.3) is 0 Å². The molecule has 1 aromatic heterocycles. The molecule has 102 valence electrons. The molecule has 0 atom stereocenters. The molecule has 0 aliphatic carbocycles. The summed E-state index contributed by atoms with van der Waals surface area (Å²) < 4.78 is 0. The highest BCUT2D eigenvalue weighted by atomic mass is 32.1. The van der Waals surface area contributed by atoms with Crippen molar-refractivity contribution >= 4 is 27.9 Å². The summed E-state index contributed by atoms with van der Waals surface area (Å²) in [4.78, 5) is 13.1.